The van der Waals surface area contributed by atoms with Crippen molar-refractivity contribution in [2.24, 2.45) is 7.05 Å². The van der Waals surface area contributed by atoms with Crippen LogP contribution in [0.25, 0.3) is 0 Å². The zero-order valence-corrected chi connectivity index (χ0v) is 10.2. The van der Waals surface area contributed by atoms with E-state index in [1.807, 2.05) is 13.2 Å². The predicted octanol–water partition coefficient (Wildman–Crippen LogP) is 1.43. The molecule has 2 N–H and O–H groups in total. The largest absolute Gasteiger partial charge is 0.478 e. The predicted molar refractivity (Wildman–Crippen MR) is 66.5 cm³/mol. The second kappa shape index (κ2) is 4.87. The molecule has 0 amide bonds. The fraction of sp³-hybridized carbons (Fsp3) is 0.250. The fourth-order valence-electron chi connectivity index (χ4n) is 1.71. The van der Waals surface area contributed by atoms with Crippen molar-refractivity contribution >= 4 is 11.8 Å². The van der Waals surface area contributed by atoms with E-state index in [1.165, 1.54) is 0 Å². The minimum absolute atomic E-state index is 0.210. The summed E-state index contributed by atoms with van der Waals surface area (Å²) < 4.78 is 1.69. The zero-order chi connectivity index (χ0) is 13.1. The summed E-state index contributed by atoms with van der Waals surface area (Å²) in [6.07, 6.45) is 5.18. The number of pyridine rings is 1. The molecule has 2 rings (SSSR count). The Morgan fingerprint density at radius 1 is 1.56 bits per heavy atom. The van der Waals surface area contributed by atoms with Gasteiger partial charge in [0, 0.05) is 31.5 Å². The molecule has 2 aromatic heterocycles. The molecule has 0 atom stereocenters. The third kappa shape index (κ3) is 2.48. The number of nitrogens with one attached hydrogen (secondary N) is 1. The van der Waals surface area contributed by atoms with Gasteiger partial charge in [-0.2, -0.15) is 5.10 Å². The van der Waals surface area contributed by atoms with Gasteiger partial charge in [0.2, 0.25) is 0 Å². The van der Waals surface area contributed by atoms with Crippen molar-refractivity contribution < 1.29 is 9.90 Å². The number of aromatic carboxylic acids is 1. The van der Waals surface area contributed by atoms with Crippen molar-refractivity contribution in [2.75, 3.05) is 5.32 Å². The Hall–Kier alpha value is -2.37. The highest BCUT2D eigenvalue weighted by Crippen LogP contribution is 2.17. The van der Waals surface area contributed by atoms with E-state index in [0.717, 1.165) is 5.56 Å². The van der Waals surface area contributed by atoms with Crippen LogP contribution >= 0.6 is 0 Å². The number of hydrogen-bond donors (Lipinski definition) is 2. The second-order valence-corrected chi connectivity index (χ2v) is 4.03. The van der Waals surface area contributed by atoms with Gasteiger partial charge >= 0.3 is 5.97 Å². The molecule has 0 aliphatic rings. The maximum absolute atomic E-state index is 11.2. The van der Waals surface area contributed by atoms with Crippen molar-refractivity contribution in [1.82, 2.24) is 14.8 Å². The Kier molecular flexibility index (Phi) is 3.27. The third-order valence-electron chi connectivity index (χ3n) is 2.59. The first-order valence-corrected chi connectivity index (χ1v) is 5.48. The maximum atomic E-state index is 11.2. The van der Waals surface area contributed by atoms with Gasteiger partial charge in [-0.1, -0.05) is 0 Å². The first kappa shape index (κ1) is 12.1. The second-order valence-electron chi connectivity index (χ2n) is 4.03. The summed E-state index contributed by atoms with van der Waals surface area (Å²) in [7, 11) is 1.83. The number of carboxylic acids is 1. The van der Waals surface area contributed by atoms with E-state index >= 15 is 0 Å². The number of nitrogens with zero attached hydrogens (tertiary/aromatic N) is 3. The Morgan fingerprint density at radius 2 is 2.33 bits per heavy atom. The Bertz CT molecular complexity index is 577. The molecule has 0 spiro atoms. The van der Waals surface area contributed by atoms with Crippen LogP contribution in [-0.2, 0) is 13.6 Å². The van der Waals surface area contributed by atoms with Gasteiger partial charge in [0.15, 0.2) is 0 Å². The van der Waals surface area contributed by atoms with Gasteiger partial charge in [0.25, 0.3) is 0 Å². The molecule has 0 fully saturated rings. The summed E-state index contributed by atoms with van der Waals surface area (Å²) in [6.45, 7) is 2.24. The lowest BCUT2D eigenvalue weighted by Crippen LogP contribution is -2.09. The van der Waals surface area contributed by atoms with Crippen LogP contribution in [0.2, 0.25) is 0 Å². The van der Waals surface area contributed by atoms with Crippen molar-refractivity contribution in [2.45, 2.75) is 13.5 Å². The van der Waals surface area contributed by atoms with Gasteiger partial charge in [0.05, 0.1) is 6.20 Å². The van der Waals surface area contributed by atoms with Crippen LogP contribution in [-0.4, -0.2) is 25.8 Å². The van der Waals surface area contributed by atoms with Crippen LogP contribution in [0.1, 0.15) is 21.5 Å². The summed E-state index contributed by atoms with van der Waals surface area (Å²) in [5.41, 5.74) is 1.87. The monoisotopic (exact) mass is 246 g/mol. The highest BCUT2D eigenvalue weighted by Gasteiger charge is 2.14. The first-order chi connectivity index (χ1) is 8.58. The SMILES string of the molecule is Cc1ccnc(NCc2cnn(C)c2)c1C(=O)O. The van der Waals surface area contributed by atoms with E-state index in [9.17, 15) is 4.79 Å². The first-order valence-electron chi connectivity index (χ1n) is 5.48. The number of carbonyl (C=O) groups is 1. The minimum Gasteiger partial charge on any atom is -0.478 e. The number of aryl methyl sites for hydroxylation is 2. The maximum Gasteiger partial charge on any atom is 0.339 e. The average Bonchev–Trinajstić information content (AvgIpc) is 2.72. The number of rotatable bonds is 4. The van der Waals surface area contributed by atoms with E-state index in [-0.39, 0.29) is 5.56 Å². The van der Waals surface area contributed by atoms with Gasteiger partial charge in [-0.05, 0) is 18.6 Å². The summed E-state index contributed by atoms with van der Waals surface area (Å²) in [5.74, 6) is -0.597. The van der Waals surface area contributed by atoms with Crippen LogP contribution in [0.15, 0.2) is 24.7 Å². The van der Waals surface area contributed by atoms with Crippen LogP contribution in [0.4, 0.5) is 5.82 Å². The van der Waals surface area contributed by atoms with Gasteiger partial charge in [-0.25, -0.2) is 9.78 Å². The van der Waals surface area contributed by atoms with E-state index in [0.29, 0.717) is 17.9 Å². The van der Waals surface area contributed by atoms with Gasteiger partial charge in [0.1, 0.15) is 11.4 Å². The number of aromatic nitrogens is 3. The highest BCUT2D eigenvalue weighted by atomic mass is 16.4. The quantitative estimate of drug-likeness (QED) is 0.853. The van der Waals surface area contributed by atoms with E-state index in [2.05, 4.69) is 15.4 Å². The normalized spacial score (nSPS) is 10.3. The lowest BCUT2D eigenvalue weighted by molar-refractivity contribution is 0.0697. The molecule has 2 heterocycles. The minimum atomic E-state index is -0.978. The van der Waals surface area contributed by atoms with Gasteiger partial charge < -0.3 is 10.4 Å². The van der Waals surface area contributed by atoms with Crippen LogP contribution < -0.4 is 5.32 Å². The van der Waals surface area contributed by atoms with E-state index < -0.39 is 5.97 Å². The topological polar surface area (TPSA) is 80.0 Å². The molecule has 0 aliphatic carbocycles. The number of hydrogen-bond acceptors (Lipinski definition) is 4. The Labute approximate surface area is 104 Å². The lowest BCUT2D eigenvalue weighted by atomic mass is 10.1. The molecule has 0 saturated carbocycles. The molecule has 0 bridgehead atoms. The Balaban J connectivity index is 2.19. The van der Waals surface area contributed by atoms with Crippen molar-refractivity contribution in [3.63, 3.8) is 0 Å². The smallest absolute Gasteiger partial charge is 0.339 e. The summed E-state index contributed by atoms with van der Waals surface area (Å²) in [5, 5.41) is 16.2. The molecule has 6 heteroatoms. The molecule has 0 radical (unpaired) electrons. The zero-order valence-electron chi connectivity index (χ0n) is 10.2. The van der Waals surface area contributed by atoms with Crippen LogP contribution in [0, 0.1) is 6.92 Å². The molecular formula is C12H14N4O2. The van der Waals surface area contributed by atoms with Crippen molar-refractivity contribution in [3.05, 3.63) is 41.3 Å². The van der Waals surface area contributed by atoms with Crippen molar-refractivity contribution in [3.8, 4) is 0 Å². The summed E-state index contributed by atoms with van der Waals surface area (Å²) in [4.78, 5) is 15.2. The Morgan fingerprint density at radius 3 is 2.94 bits per heavy atom. The molecule has 6 nitrogen and oxygen atoms in total. The van der Waals surface area contributed by atoms with E-state index in [4.69, 9.17) is 5.11 Å². The summed E-state index contributed by atoms with van der Waals surface area (Å²) >= 11 is 0. The molecule has 0 saturated heterocycles. The molecule has 0 unspecified atom stereocenters. The van der Waals surface area contributed by atoms with Crippen LogP contribution in [0.5, 0.6) is 0 Å². The number of carboxylic acid groups (broad SMARTS) is 1. The lowest BCUT2D eigenvalue weighted by Gasteiger charge is -2.09. The standard InChI is InChI=1S/C12H14N4O2/c1-8-3-4-13-11(10(8)12(17)18)14-5-9-6-15-16(2)7-9/h3-4,6-7H,5H2,1-2H3,(H,13,14)(H,17,18). The molecule has 0 aromatic carbocycles. The van der Waals surface area contributed by atoms with Gasteiger partial charge in [-0.15, -0.1) is 0 Å². The third-order valence-corrected chi connectivity index (χ3v) is 2.59. The fourth-order valence-corrected chi connectivity index (χ4v) is 1.71. The van der Waals surface area contributed by atoms with Crippen molar-refractivity contribution in [1.29, 1.82) is 0 Å². The van der Waals surface area contributed by atoms with Gasteiger partial charge in [-0.3, -0.25) is 4.68 Å². The molecule has 94 valence electrons. The van der Waals surface area contributed by atoms with E-state index in [1.54, 1.807) is 30.1 Å². The number of anilines is 1. The molecular weight excluding hydrogens is 232 g/mol. The van der Waals surface area contributed by atoms with Crippen LogP contribution in [0.3, 0.4) is 0 Å². The molecule has 0 aliphatic heterocycles. The molecule has 18 heavy (non-hydrogen) atoms. The summed E-state index contributed by atoms with van der Waals surface area (Å²) in [6, 6.07) is 1.68. The average molecular weight is 246 g/mol. The molecule has 2 aromatic rings. The highest BCUT2D eigenvalue weighted by molar-refractivity contribution is 5.94.